The van der Waals surface area contributed by atoms with Crippen molar-refractivity contribution >= 4 is 21.4 Å². The second kappa shape index (κ2) is 6.87. The van der Waals surface area contributed by atoms with E-state index in [2.05, 4.69) is 10.00 Å². The molecule has 8 heteroatoms. The van der Waals surface area contributed by atoms with Crippen LogP contribution < -0.4 is 13.9 Å². The first-order valence-electron chi connectivity index (χ1n) is 8.95. The fourth-order valence-corrected chi connectivity index (χ4v) is 5.26. The summed E-state index contributed by atoms with van der Waals surface area (Å²) in [6.45, 7) is 2.50. The van der Waals surface area contributed by atoms with E-state index in [1.165, 1.54) is 4.31 Å². The van der Waals surface area contributed by atoms with Crippen LogP contribution in [0, 0.1) is 0 Å². The fourth-order valence-electron chi connectivity index (χ4n) is 3.60. The zero-order chi connectivity index (χ0) is 19.9. The largest absolute Gasteiger partial charge is 0.497 e. The van der Waals surface area contributed by atoms with Crippen molar-refractivity contribution in [2.45, 2.75) is 17.9 Å². The Morgan fingerprint density at radius 1 is 1.11 bits per heavy atom. The smallest absolute Gasteiger partial charge is 0.264 e. The molecule has 0 fully saturated rings. The minimum Gasteiger partial charge on any atom is -0.497 e. The third-order valence-electron chi connectivity index (χ3n) is 4.93. The zero-order valence-corrected chi connectivity index (χ0v) is 16.8. The maximum Gasteiger partial charge on any atom is 0.264 e. The van der Waals surface area contributed by atoms with Crippen molar-refractivity contribution in [2.75, 3.05) is 29.9 Å². The lowest BCUT2D eigenvalue weighted by atomic mass is 10.1. The number of benzene rings is 2. The minimum atomic E-state index is -3.72. The van der Waals surface area contributed by atoms with Gasteiger partial charge in [-0.25, -0.2) is 13.1 Å². The summed E-state index contributed by atoms with van der Waals surface area (Å²) in [7, 11) is -0.161. The van der Waals surface area contributed by atoms with E-state index in [1.807, 2.05) is 32.3 Å². The molecule has 28 heavy (non-hydrogen) atoms. The number of hydrogen-bond acceptors (Lipinski definition) is 5. The second-order valence-electron chi connectivity index (χ2n) is 6.83. The maximum absolute atomic E-state index is 13.5. The number of fused-ring (bicyclic) bond motifs is 1. The summed E-state index contributed by atoms with van der Waals surface area (Å²) in [6.07, 6.45) is 3.50. The zero-order valence-electron chi connectivity index (χ0n) is 16.0. The minimum absolute atomic E-state index is 0.207. The van der Waals surface area contributed by atoms with Gasteiger partial charge in [0.2, 0.25) is 0 Å². The van der Waals surface area contributed by atoms with Crippen molar-refractivity contribution in [3.63, 3.8) is 0 Å². The summed E-state index contributed by atoms with van der Waals surface area (Å²) in [5, 5.41) is 4.17. The van der Waals surface area contributed by atoms with Crippen LogP contribution in [-0.4, -0.2) is 44.9 Å². The van der Waals surface area contributed by atoms with Crippen LogP contribution >= 0.6 is 0 Å². The van der Waals surface area contributed by atoms with Crippen molar-refractivity contribution in [3.05, 3.63) is 60.9 Å². The van der Waals surface area contributed by atoms with Crippen LogP contribution in [0.25, 0.3) is 5.69 Å². The summed E-state index contributed by atoms with van der Waals surface area (Å²) >= 11 is 0. The lowest BCUT2D eigenvalue weighted by Crippen LogP contribution is -2.49. The van der Waals surface area contributed by atoms with Gasteiger partial charge < -0.3 is 9.64 Å². The number of sulfonamides is 1. The average molecular weight is 398 g/mol. The Morgan fingerprint density at radius 2 is 1.86 bits per heavy atom. The Hall–Kier alpha value is -3.00. The van der Waals surface area contributed by atoms with Crippen LogP contribution in [0.3, 0.4) is 0 Å². The highest BCUT2D eigenvalue weighted by atomic mass is 32.2. The van der Waals surface area contributed by atoms with Gasteiger partial charge in [0.1, 0.15) is 5.75 Å². The number of ether oxygens (including phenoxy) is 1. The van der Waals surface area contributed by atoms with Crippen LogP contribution in [0.15, 0.2) is 65.8 Å². The fraction of sp³-hybridized carbons (Fsp3) is 0.250. The van der Waals surface area contributed by atoms with E-state index in [4.69, 9.17) is 4.74 Å². The van der Waals surface area contributed by atoms with Crippen LogP contribution in [0.4, 0.5) is 11.4 Å². The summed E-state index contributed by atoms with van der Waals surface area (Å²) in [6, 6.07) is 13.8. The van der Waals surface area contributed by atoms with Gasteiger partial charge in [-0.2, -0.15) is 5.10 Å². The predicted octanol–water partition coefficient (Wildman–Crippen LogP) is 2.91. The SMILES string of the molecule is COc1ccc2c(c1)N(C)CC(C)N2S(=O)(=O)c1ccc(-n2cccn2)cc1. The first-order valence-corrected chi connectivity index (χ1v) is 10.4. The van der Waals surface area contributed by atoms with Gasteiger partial charge in [-0.05, 0) is 49.4 Å². The molecule has 0 bridgehead atoms. The molecule has 146 valence electrons. The third-order valence-corrected chi connectivity index (χ3v) is 6.87. The normalized spacial score (nSPS) is 16.8. The van der Waals surface area contributed by atoms with Gasteiger partial charge in [-0.1, -0.05) is 0 Å². The number of hydrogen-bond donors (Lipinski definition) is 0. The van der Waals surface area contributed by atoms with E-state index in [0.29, 0.717) is 18.0 Å². The van der Waals surface area contributed by atoms with Gasteiger partial charge in [0.05, 0.1) is 35.1 Å². The molecule has 0 aliphatic carbocycles. The highest BCUT2D eigenvalue weighted by molar-refractivity contribution is 7.92. The summed E-state index contributed by atoms with van der Waals surface area (Å²) in [5.41, 5.74) is 2.29. The van der Waals surface area contributed by atoms with Crippen molar-refractivity contribution < 1.29 is 13.2 Å². The molecule has 7 nitrogen and oxygen atoms in total. The summed E-state index contributed by atoms with van der Waals surface area (Å²) in [5.74, 6) is 0.695. The van der Waals surface area contributed by atoms with Crippen LogP contribution in [0.2, 0.25) is 0 Å². The Balaban J connectivity index is 1.76. The third kappa shape index (κ3) is 2.99. The van der Waals surface area contributed by atoms with Crippen LogP contribution in [0.5, 0.6) is 5.75 Å². The van der Waals surface area contributed by atoms with Crippen molar-refractivity contribution in [3.8, 4) is 11.4 Å². The number of nitrogens with zero attached hydrogens (tertiary/aromatic N) is 4. The topological polar surface area (TPSA) is 67.7 Å². The molecule has 0 saturated heterocycles. The lowest BCUT2D eigenvalue weighted by Gasteiger charge is -2.41. The average Bonchev–Trinajstić information content (AvgIpc) is 3.22. The molecule has 1 aromatic heterocycles. The van der Waals surface area contributed by atoms with Crippen molar-refractivity contribution in [1.29, 1.82) is 0 Å². The number of methoxy groups -OCH3 is 1. The molecule has 1 aliphatic rings. The van der Waals surface area contributed by atoms with Gasteiger partial charge >= 0.3 is 0 Å². The standard InChI is InChI=1S/C20H22N4O3S/c1-15-14-22(2)20-13-17(27-3)7-10-19(20)24(15)28(25,26)18-8-5-16(6-9-18)23-12-4-11-21-23/h4-13,15H,14H2,1-3H3. The molecule has 0 amide bonds. The molecule has 0 radical (unpaired) electrons. The molecule has 1 aliphatic heterocycles. The molecule has 0 spiro atoms. The van der Waals surface area contributed by atoms with Gasteiger partial charge in [-0.15, -0.1) is 0 Å². The number of anilines is 2. The van der Waals surface area contributed by atoms with E-state index in [-0.39, 0.29) is 10.9 Å². The lowest BCUT2D eigenvalue weighted by molar-refractivity contribution is 0.414. The molecule has 4 rings (SSSR count). The van der Waals surface area contributed by atoms with Crippen molar-refractivity contribution in [2.24, 2.45) is 0 Å². The Labute approximate surface area is 164 Å². The van der Waals surface area contributed by atoms with Gasteiger partial charge in [-0.3, -0.25) is 4.31 Å². The first-order chi connectivity index (χ1) is 13.4. The van der Waals surface area contributed by atoms with Crippen molar-refractivity contribution in [1.82, 2.24) is 9.78 Å². The predicted molar refractivity (Wildman–Crippen MR) is 109 cm³/mol. The highest BCUT2D eigenvalue weighted by Crippen LogP contribution is 2.40. The molecule has 1 atom stereocenters. The Kier molecular flexibility index (Phi) is 4.50. The first kappa shape index (κ1) is 18.4. The molecule has 2 heterocycles. The van der Waals surface area contributed by atoms with E-state index >= 15 is 0 Å². The number of aromatic nitrogens is 2. The molecular formula is C20H22N4O3S. The van der Waals surface area contributed by atoms with E-state index in [0.717, 1.165) is 11.4 Å². The molecular weight excluding hydrogens is 376 g/mol. The van der Waals surface area contributed by atoms with Gasteiger partial charge in [0.25, 0.3) is 10.0 Å². The maximum atomic E-state index is 13.5. The van der Waals surface area contributed by atoms with Crippen LogP contribution in [-0.2, 0) is 10.0 Å². The molecule has 1 unspecified atom stereocenters. The van der Waals surface area contributed by atoms with Gasteiger partial charge in [0.15, 0.2) is 0 Å². The second-order valence-corrected chi connectivity index (χ2v) is 8.64. The van der Waals surface area contributed by atoms with Gasteiger partial charge in [0, 0.05) is 32.1 Å². The number of likely N-dealkylation sites (N-methyl/N-ethyl adjacent to an activating group) is 1. The van der Waals surface area contributed by atoms with Crippen LogP contribution in [0.1, 0.15) is 6.92 Å². The van der Waals surface area contributed by atoms with E-state index < -0.39 is 10.0 Å². The number of rotatable bonds is 4. The van der Waals surface area contributed by atoms with E-state index in [1.54, 1.807) is 54.4 Å². The molecule has 3 aromatic rings. The quantitative estimate of drug-likeness (QED) is 0.676. The molecule has 0 N–H and O–H groups in total. The van der Waals surface area contributed by atoms with E-state index in [9.17, 15) is 8.42 Å². The Morgan fingerprint density at radius 3 is 2.50 bits per heavy atom. The summed E-state index contributed by atoms with van der Waals surface area (Å²) in [4.78, 5) is 2.30. The molecule has 2 aromatic carbocycles. The Bertz CT molecular complexity index is 1080. The highest BCUT2D eigenvalue weighted by Gasteiger charge is 2.36. The monoisotopic (exact) mass is 398 g/mol. The summed E-state index contributed by atoms with van der Waals surface area (Å²) < 4.78 is 35.4. The molecule has 0 saturated carbocycles.